The summed E-state index contributed by atoms with van der Waals surface area (Å²) in [4.78, 5) is 10.4. The number of aromatic nitrogens is 2. The van der Waals surface area contributed by atoms with Crippen LogP contribution in [0, 0.1) is 24.0 Å². The Labute approximate surface area is 112 Å². The van der Waals surface area contributed by atoms with E-state index in [1.807, 2.05) is 0 Å². The largest absolute Gasteiger partial charge is 0.389 e. The molecule has 0 aliphatic heterocycles. The van der Waals surface area contributed by atoms with Crippen molar-refractivity contribution < 1.29 is 14.8 Å². The third kappa shape index (κ3) is 4.29. The highest BCUT2D eigenvalue weighted by Gasteiger charge is 2.22. The second-order valence-corrected chi connectivity index (χ2v) is 4.54. The minimum atomic E-state index is -0.713. The standard InChI is InChI=1S/C12H21N3O4/c1-4-5-6-19-8-11(16)7-14-10(3)12(15(17)18)9(2)13-14/h11,16H,4-8H2,1-3H3. The lowest BCUT2D eigenvalue weighted by Crippen LogP contribution is -2.23. The molecule has 0 spiro atoms. The van der Waals surface area contributed by atoms with Gasteiger partial charge in [0, 0.05) is 6.61 Å². The Morgan fingerprint density at radius 2 is 2.21 bits per heavy atom. The van der Waals surface area contributed by atoms with Gasteiger partial charge in [0.2, 0.25) is 0 Å². The monoisotopic (exact) mass is 271 g/mol. The number of hydrogen-bond donors (Lipinski definition) is 1. The number of ether oxygens (including phenoxy) is 1. The smallest absolute Gasteiger partial charge is 0.312 e. The van der Waals surface area contributed by atoms with Crippen LogP contribution in [-0.2, 0) is 11.3 Å². The summed E-state index contributed by atoms with van der Waals surface area (Å²) in [6, 6.07) is 0. The summed E-state index contributed by atoms with van der Waals surface area (Å²) in [5.74, 6) is 0. The van der Waals surface area contributed by atoms with E-state index in [0.717, 1.165) is 12.8 Å². The first-order chi connectivity index (χ1) is 8.97. The van der Waals surface area contributed by atoms with E-state index in [-0.39, 0.29) is 18.8 Å². The van der Waals surface area contributed by atoms with Gasteiger partial charge in [-0.15, -0.1) is 0 Å². The molecule has 0 radical (unpaired) electrons. The van der Waals surface area contributed by atoms with Crippen LogP contribution in [0.5, 0.6) is 0 Å². The van der Waals surface area contributed by atoms with E-state index in [9.17, 15) is 15.2 Å². The van der Waals surface area contributed by atoms with Gasteiger partial charge in [-0.2, -0.15) is 5.10 Å². The Morgan fingerprint density at radius 3 is 2.74 bits per heavy atom. The maximum absolute atomic E-state index is 10.9. The summed E-state index contributed by atoms with van der Waals surface area (Å²) >= 11 is 0. The van der Waals surface area contributed by atoms with Gasteiger partial charge < -0.3 is 9.84 Å². The van der Waals surface area contributed by atoms with Crippen LogP contribution in [0.25, 0.3) is 0 Å². The van der Waals surface area contributed by atoms with E-state index in [4.69, 9.17) is 4.74 Å². The lowest BCUT2D eigenvalue weighted by molar-refractivity contribution is -0.386. The molecular formula is C12H21N3O4. The Hall–Kier alpha value is -1.47. The number of unbranched alkanes of at least 4 members (excludes halogenated alkanes) is 1. The molecule has 108 valence electrons. The highest BCUT2D eigenvalue weighted by Crippen LogP contribution is 2.21. The van der Waals surface area contributed by atoms with Gasteiger partial charge in [0.15, 0.2) is 0 Å². The fourth-order valence-corrected chi connectivity index (χ4v) is 1.85. The van der Waals surface area contributed by atoms with E-state index in [1.165, 1.54) is 4.68 Å². The fourth-order valence-electron chi connectivity index (χ4n) is 1.85. The highest BCUT2D eigenvalue weighted by molar-refractivity contribution is 5.39. The predicted molar refractivity (Wildman–Crippen MR) is 70.1 cm³/mol. The topological polar surface area (TPSA) is 90.4 Å². The maximum Gasteiger partial charge on any atom is 0.312 e. The van der Waals surface area contributed by atoms with Crippen molar-refractivity contribution in [3.8, 4) is 0 Å². The molecule has 0 aliphatic rings. The summed E-state index contributed by atoms with van der Waals surface area (Å²) in [7, 11) is 0. The second kappa shape index (κ2) is 7.20. The summed E-state index contributed by atoms with van der Waals surface area (Å²) < 4.78 is 6.77. The number of aliphatic hydroxyl groups excluding tert-OH is 1. The van der Waals surface area contributed by atoms with E-state index in [1.54, 1.807) is 13.8 Å². The summed E-state index contributed by atoms with van der Waals surface area (Å²) in [6.45, 7) is 6.31. The quantitative estimate of drug-likeness (QED) is 0.440. The van der Waals surface area contributed by atoms with Crippen LogP contribution in [0.4, 0.5) is 5.69 Å². The molecule has 1 aromatic heterocycles. The van der Waals surface area contributed by atoms with Crippen LogP contribution in [0.3, 0.4) is 0 Å². The molecule has 1 aromatic rings. The molecule has 1 N–H and O–H groups in total. The zero-order valence-electron chi connectivity index (χ0n) is 11.6. The number of rotatable bonds is 8. The average molecular weight is 271 g/mol. The number of nitrogens with zero attached hydrogens (tertiary/aromatic N) is 3. The van der Waals surface area contributed by atoms with Crippen molar-refractivity contribution >= 4 is 5.69 Å². The molecule has 0 saturated carbocycles. The third-order valence-corrected chi connectivity index (χ3v) is 2.86. The molecular weight excluding hydrogens is 250 g/mol. The van der Waals surface area contributed by atoms with Crippen LogP contribution in [-0.4, -0.2) is 39.1 Å². The summed E-state index contributed by atoms with van der Waals surface area (Å²) in [5.41, 5.74) is 0.829. The molecule has 1 unspecified atom stereocenters. The molecule has 0 amide bonds. The Balaban J connectivity index is 2.57. The molecule has 0 bridgehead atoms. The van der Waals surface area contributed by atoms with Crippen molar-refractivity contribution in [3.05, 3.63) is 21.5 Å². The third-order valence-electron chi connectivity index (χ3n) is 2.86. The van der Waals surface area contributed by atoms with Crippen LogP contribution in [0.2, 0.25) is 0 Å². The highest BCUT2D eigenvalue weighted by atomic mass is 16.6. The minimum absolute atomic E-state index is 0.0131. The van der Waals surface area contributed by atoms with Gasteiger partial charge in [-0.05, 0) is 20.3 Å². The Morgan fingerprint density at radius 1 is 1.53 bits per heavy atom. The fraction of sp³-hybridized carbons (Fsp3) is 0.750. The molecule has 7 heteroatoms. The van der Waals surface area contributed by atoms with Crippen molar-refractivity contribution in [3.63, 3.8) is 0 Å². The molecule has 1 rings (SSSR count). The molecule has 0 aliphatic carbocycles. The van der Waals surface area contributed by atoms with E-state index in [2.05, 4.69) is 12.0 Å². The molecule has 1 heterocycles. The lowest BCUT2D eigenvalue weighted by Gasteiger charge is -2.12. The summed E-state index contributed by atoms with van der Waals surface area (Å²) in [6.07, 6.45) is 1.28. The number of hydrogen-bond acceptors (Lipinski definition) is 5. The normalized spacial score (nSPS) is 12.6. The predicted octanol–water partition coefficient (Wildman–Crippen LogP) is 1.59. The van der Waals surface area contributed by atoms with Gasteiger partial charge >= 0.3 is 5.69 Å². The first-order valence-corrected chi connectivity index (χ1v) is 6.41. The molecule has 0 fully saturated rings. The van der Waals surface area contributed by atoms with Crippen LogP contribution in [0.1, 0.15) is 31.2 Å². The first-order valence-electron chi connectivity index (χ1n) is 6.41. The molecule has 1 atom stereocenters. The van der Waals surface area contributed by atoms with Gasteiger partial charge in [-0.3, -0.25) is 14.8 Å². The van der Waals surface area contributed by atoms with Crippen molar-refractivity contribution in [2.45, 2.75) is 46.3 Å². The summed E-state index contributed by atoms with van der Waals surface area (Å²) in [5, 5.41) is 24.7. The number of aliphatic hydroxyl groups is 1. The first kappa shape index (κ1) is 15.6. The maximum atomic E-state index is 10.9. The van der Waals surface area contributed by atoms with E-state index < -0.39 is 11.0 Å². The van der Waals surface area contributed by atoms with Gasteiger partial charge in [0.25, 0.3) is 0 Å². The van der Waals surface area contributed by atoms with Gasteiger partial charge in [-0.1, -0.05) is 13.3 Å². The van der Waals surface area contributed by atoms with Gasteiger partial charge in [0.05, 0.1) is 24.2 Å². The van der Waals surface area contributed by atoms with Crippen LogP contribution < -0.4 is 0 Å². The van der Waals surface area contributed by atoms with Crippen molar-refractivity contribution in [2.75, 3.05) is 13.2 Å². The second-order valence-electron chi connectivity index (χ2n) is 4.54. The lowest BCUT2D eigenvalue weighted by atomic mass is 10.3. The minimum Gasteiger partial charge on any atom is -0.389 e. The average Bonchev–Trinajstić information content (AvgIpc) is 2.60. The SMILES string of the molecule is CCCCOCC(O)Cn1nc(C)c([N+](=O)[O-])c1C. The van der Waals surface area contributed by atoms with Gasteiger partial charge in [0.1, 0.15) is 11.4 Å². The van der Waals surface area contributed by atoms with Crippen molar-refractivity contribution in [1.29, 1.82) is 0 Å². The zero-order valence-corrected chi connectivity index (χ0v) is 11.6. The Kier molecular flexibility index (Phi) is 5.91. The van der Waals surface area contributed by atoms with Crippen molar-refractivity contribution in [1.82, 2.24) is 9.78 Å². The number of nitro groups is 1. The van der Waals surface area contributed by atoms with Crippen LogP contribution in [0.15, 0.2) is 0 Å². The van der Waals surface area contributed by atoms with Crippen molar-refractivity contribution in [2.24, 2.45) is 0 Å². The van der Waals surface area contributed by atoms with Gasteiger partial charge in [-0.25, -0.2) is 0 Å². The molecule has 0 saturated heterocycles. The van der Waals surface area contributed by atoms with E-state index >= 15 is 0 Å². The Bertz CT molecular complexity index is 431. The van der Waals surface area contributed by atoms with Crippen LogP contribution >= 0.6 is 0 Å². The van der Waals surface area contributed by atoms with E-state index in [0.29, 0.717) is 18.0 Å². The number of aryl methyl sites for hydroxylation is 1. The molecule has 0 aromatic carbocycles. The molecule has 7 nitrogen and oxygen atoms in total. The molecule has 19 heavy (non-hydrogen) atoms. The zero-order chi connectivity index (χ0) is 14.4.